The van der Waals surface area contributed by atoms with Crippen molar-refractivity contribution in [3.8, 4) is 11.5 Å². The SMILES string of the molecule is COc1ccc(OC)c(/C=C/C(=O)NC2CCC(CN3CCC(c4c[nH]c5ccccc45)CC3)CC2)c1. The van der Waals surface area contributed by atoms with Crippen LogP contribution in [-0.2, 0) is 4.79 Å². The fourth-order valence-corrected chi connectivity index (χ4v) is 6.10. The van der Waals surface area contributed by atoms with E-state index in [2.05, 4.69) is 45.7 Å². The maximum absolute atomic E-state index is 12.6. The highest BCUT2D eigenvalue weighted by atomic mass is 16.5. The van der Waals surface area contributed by atoms with Gasteiger partial charge < -0.3 is 24.7 Å². The van der Waals surface area contributed by atoms with E-state index in [1.54, 1.807) is 26.4 Å². The van der Waals surface area contributed by atoms with Crippen molar-refractivity contribution in [1.82, 2.24) is 15.2 Å². The third-order valence-electron chi connectivity index (χ3n) is 8.21. The first-order chi connectivity index (χ1) is 18.1. The molecule has 1 amide bonds. The van der Waals surface area contributed by atoms with Crippen LogP contribution in [0.3, 0.4) is 0 Å². The smallest absolute Gasteiger partial charge is 0.244 e. The summed E-state index contributed by atoms with van der Waals surface area (Å²) in [7, 11) is 3.26. The lowest BCUT2D eigenvalue weighted by Crippen LogP contribution is -2.41. The van der Waals surface area contributed by atoms with E-state index in [4.69, 9.17) is 9.47 Å². The van der Waals surface area contributed by atoms with Gasteiger partial charge in [0.15, 0.2) is 0 Å². The second kappa shape index (κ2) is 11.9. The number of carbonyl (C=O) groups excluding carboxylic acids is 1. The number of hydrogen-bond donors (Lipinski definition) is 2. The number of fused-ring (bicyclic) bond motifs is 1. The average molecular weight is 502 g/mol. The second-order valence-electron chi connectivity index (χ2n) is 10.5. The van der Waals surface area contributed by atoms with Gasteiger partial charge in [-0.15, -0.1) is 0 Å². The topological polar surface area (TPSA) is 66.6 Å². The number of hydrogen-bond acceptors (Lipinski definition) is 4. The fourth-order valence-electron chi connectivity index (χ4n) is 6.10. The van der Waals surface area contributed by atoms with Crippen LogP contribution in [0.4, 0.5) is 0 Å². The Kier molecular flexibility index (Phi) is 8.15. The molecule has 1 aliphatic carbocycles. The van der Waals surface area contributed by atoms with Crippen molar-refractivity contribution in [2.75, 3.05) is 33.9 Å². The molecule has 1 saturated heterocycles. The fraction of sp³-hybridized carbons (Fsp3) is 0.452. The van der Waals surface area contributed by atoms with Gasteiger partial charge in [0.2, 0.25) is 5.91 Å². The van der Waals surface area contributed by atoms with Gasteiger partial charge in [0, 0.05) is 41.3 Å². The highest BCUT2D eigenvalue weighted by Crippen LogP contribution is 2.34. The molecule has 37 heavy (non-hydrogen) atoms. The van der Waals surface area contributed by atoms with Crippen molar-refractivity contribution in [1.29, 1.82) is 0 Å². The number of benzene rings is 2. The van der Waals surface area contributed by atoms with E-state index >= 15 is 0 Å². The van der Waals surface area contributed by atoms with E-state index in [1.807, 2.05) is 18.2 Å². The Balaban J connectivity index is 1.05. The number of methoxy groups -OCH3 is 2. The quantitative estimate of drug-likeness (QED) is 0.386. The molecule has 0 radical (unpaired) electrons. The number of para-hydroxylation sites is 1. The number of H-pyrrole nitrogens is 1. The molecule has 2 fully saturated rings. The Hall–Kier alpha value is -3.25. The molecule has 2 aromatic carbocycles. The van der Waals surface area contributed by atoms with Crippen LogP contribution in [0.1, 0.15) is 55.6 Å². The highest BCUT2D eigenvalue weighted by molar-refractivity contribution is 5.92. The van der Waals surface area contributed by atoms with Crippen LogP contribution in [0.2, 0.25) is 0 Å². The first-order valence-electron chi connectivity index (χ1n) is 13.6. The normalized spacial score (nSPS) is 21.4. The number of likely N-dealkylation sites (tertiary alicyclic amines) is 1. The van der Waals surface area contributed by atoms with Gasteiger partial charge in [-0.25, -0.2) is 0 Å². The van der Waals surface area contributed by atoms with E-state index in [9.17, 15) is 4.79 Å². The van der Waals surface area contributed by atoms with Gasteiger partial charge in [-0.2, -0.15) is 0 Å². The maximum atomic E-state index is 12.6. The number of carbonyl (C=O) groups is 1. The molecule has 0 atom stereocenters. The Morgan fingerprint density at radius 1 is 1.03 bits per heavy atom. The van der Waals surface area contributed by atoms with Gasteiger partial charge in [0.25, 0.3) is 0 Å². The summed E-state index contributed by atoms with van der Waals surface area (Å²) in [5.74, 6) is 2.79. The molecule has 0 unspecified atom stereocenters. The summed E-state index contributed by atoms with van der Waals surface area (Å²) in [6, 6.07) is 14.5. The number of piperidine rings is 1. The minimum atomic E-state index is -0.0484. The molecule has 2 N–H and O–H groups in total. The van der Waals surface area contributed by atoms with Crippen molar-refractivity contribution in [2.45, 2.75) is 50.5 Å². The van der Waals surface area contributed by atoms with Crippen LogP contribution in [0.5, 0.6) is 11.5 Å². The summed E-state index contributed by atoms with van der Waals surface area (Å²) in [6.45, 7) is 3.55. The van der Waals surface area contributed by atoms with Crippen LogP contribution in [0, 0.1) is 5.92 Å². The molecule has 196 valence electrons. The Morgan fingerprint density at radius 2 is 1.81 bits per heavy atom. The van der Waals surface area contributed by atoms with Crippen LogP contribution >= 0.6 is 0 Å². The van der Waals surface area contributed by atoms with Crippen LogP contribution in [0.25, 0.3) is 17.0 Å². The van der Waals surface area contributed by atoms with Gasteiger partial charge in [0.1, 0.15) is 11.5 Å². The molecule has 0 bridgehead atoms. The summed E-state index contributed by atoms with van der Waals surface area (Å²) in [6.07, 6.45) is 12.6. The van der Waals surface area contributed by atoms with Gasteiger partial charge in [-0.1, -0.05) is 18.2 Å². The van der Waals surface area contributed by atoms with Crippen molar-refractivity contribution in [3.63, 3.8) is 0 Å². The maximum Gasteiger partial charge on any atom is 0.244 e. The molecular formula is C31H39N3O3. The molecule has 2 aliphatic rings. The largest absolute Gasteiger partial charge is 0.497 e. The monoisotopic (exact) mass is 501 g/mol. The molecule has 5 rings (SSSR count). The molecule has 3 aromatic rings. The number of nitrogens with zero attached hydrogens (tertiary/aromatic N) is 1. The molecule has 1 aromatic heterocycles. The zero-order chi connectivity index (χ0) is 25.6. The van der Waals surface area contributed by atoms with E-state index in [0.29, 0.717) is 5.92 Å². The average Bonchev–Trinajstić information content (AvgIpc) is 3.37. The minimum absolute atomic E-state index is 0.0484. The molecule has 1 aliphatic heterocycles. The van der Waals surface area contributed by atoms with Crippen LogP contribution < -0.4 is 14.8 Å². The number of nitrogens with one attached hydrogen (secondary N) is 2. The van der Waals surface area contributed by atoms with E-state index < -0.39 is 0 Å². The summed E-state index contributed by atoms with van der Waals surface area (Å²) >= 11 is 0. The Labute approximate surface area is 220 Å². The lowest BCUT2D eigenvalue weighted by molar-refractivity contribution is -0.117. The van der Waals surface area contributed by atoms with Crippen LogP contribution in [-0.4, -0.2) is 55.7 Å². The third-order valence-corrected chi connectivity index (χ3v) is 8.21. The minimum Gasteiger partial charge on any atom is -0.497 e. The number of rotatable bonds is 8. The second-order valence-corrected chi connectivity index (χ2v) is 10.5. The molecular weight excluding hydrogens is 462 g/mol. The summed E-state index contributed by atoms with van der Waals surface area (Å²) in [4.78, 5) is 18.7. The highest BCUT2D eigenvalue weighted by Gasteiger charge is 2.27. The standard InChI is InChI=1S/C31H39N3O3/c1-36-26-12-13-30(37-2)24(19-26)9-14-31(35)33-25-10-7-22(8-11-25)21-34-17-15-23(16-18-34)28-20-32-29-6-4-3-5-27(28)29/h3-6,9,12-14,19-20,22-23,25,32H,7-8,10-11,15-18,21H2,1-2H3,(H,33,35)/b14-9+. The summed E-state index contributed by atoms with van der Waals surface area (Å²) in [5.41, 5.74) is 3.57. The van der Waals surface area contributed by atoms with Crippen molar-refractivity contribution in [2.24, 2.45) is 5.92 Å². The summed E-state index contributed by atoms with van der Waals surface area (Å²) in [5, 5.41) is 4.59. The lowest BCUT2D eigenvalue weighted by atomic mass is 9.84. The number of amides is 1. The van der Waals surface area contributed by atoms with Crippen molar-refractivity contribution in [3.05, 3.63) is 65.9 Å². The zero-order valence-electron chi connectivity index (χ0n) is 22.0. The number of aromatic amines is 1. The molecule has 6 nitrogen and oxygen atoms in total. The van der Waals surface area contributed by atoms with Crippen molar-refractivity contribution >= 4 is 22.9 Å². The predicted molar refractivity (Wildman–Crippen MR) is 149 cm³/mol. The predicted octanol–water partition coefficient (Wildman–Crippen LogP) is 5.75. The number of aromatic nitrogens is 1. The van der Waals surface area contributed by atoms with Gasteiger partial charge in [0.05, 0.1) is 14.2 Å². The molecule has 0 spiro atoms. The van der Waals surface area contributed by atoms with Gasteiger partial charge >= 0.3 is 0 Å². The van der Waals surface area contributed by atoms with Crippen LogP contribution in [0.15, 0.2) is 54.7 Å². The van der Waals surface area contributed by atoms with E-state index in [0.717, 1.165) is 35.8 Å². The lowest BCUT2D eigenvalue weighted by Gasteiger charge is -2.36. The first-order valence-corrected chi connectivity index (χ1v) is 13.6. The third kappa shape index (κ3) is 6.19. The van der Waals surface area contributed by atoms with Gasteiger partial charge in [-0.3, -0.25) is 4.79 Å². The Morgan fingerprint density at radius 3 is 2.57 bits per heavy atom. The summed E-state index contributed by atoms with van der Waals surface area (Å²) < 4.78 is 10.7. The molecule has 6 heteroatoms. The van der Waals surface area contributed by atoms with E-state index in [-0.39, 0.29) is 11.9 Å². The first kappa shape index (κ1) is 25.4. The van der Waals surface area contributed by atoms with Crippen molar-refractivity contribution < 1.29 is 14.3 Å². The van der Waals surface area contributed by atoms with E-state index in [1.165, 1.54) is 61.8 Å². The van der Waals surface area contributed by atoms with Gasteiger partial charge in [-0.05, 0) is 99.4 Å². The number of ether oxygens (including phenoxy) is 2. The molecule has 1 saturated carbocycles. The molecule has 2 heterocycles. The Bertz CT molecular complexity index is 1220. The zero-order valence-corrected chi connectivity index (χ0v) is 22.0.